The molecule has 0 saturated heterocycles. The van der Waals surface area contributed by atoms with Crippen molar-refractivity contribution in [3.05, 3.63) is 45.9 Å². The van der Waals surface area contributed by atoms with Crippen LogP contribution in [0.3, 0.4) is 0 Å². The number of carbonyl (C=O) groups excluding carboxylic acids is 2. The summed E-state index contributed by atoms with van der Waals surface area (Å²) in [7, 11) is 4.26. The minimum atomic E-state index is -0.587. The van der Waals surface area contributed by atoms with Gasteiger partial charge in [0.1, 0.15) is 5.75 Å². The van der Waals surface area contributed by atoms with Crippen molar-refractivity contribution in [3.63, 3.8) is 0 Å². The van der Waals surface area contributed by atoms with Crippen molar-refractivity contribution in [2.45, 2.75) is 13.3 Å². The third-order valence-electron chi connectivity index (χ3n) is 3.82. The fourth-order valence-electron chi connectivity index (χ4n) is 2.43. The molecular weight excluding hydrogens is 430 g/mol. The van der Waals surface area contributed by atoms with Gasteiger partial charge >= 0.3 is 5.97 Å². The SMILES string of the molecule is CCCOc1c(Br)cc(C(=O)Nc2ccc(OC)cc2C(=O)OC)cc1OC. The summed E-state index contributed by atoms with van der Waals surface area (Å²) in [6.45, 7) is 2.52. The molecule has 7 nitrogen and oxygen atoms in total. The Morgan fingerprint density at radius 3 is 2.43 bits per heavy atom. The van der Waals surface area contributed by atoms with Gasteiger partial charge in [0.25, 0.3) is 5.91 Å². The predicted molar refractivity (Wildman–Crippen MR) is 109 cm³/mol. The highest BCUT2D eigenvalue weighted by Crippen LogP contribution is 2.37. The Morgan fingerprint density at radius 1 is 1.07 bits per heavy atom. The van der Waals surface area contributed by atoms with Crippen LogP contribution in [0.1, 0.15) is 34.1 Å². The molecule has 2 aromatic carbocycles. The molecule has 0 fully saturated rings. The number of methoxy groups -OCH3 is 3. The lowest BCUT2D eigenvalue weighted by molar-refractivity contribution is 0.0601. The normalized spacial score (nSPS) is 10.2. The predicted octanol–water partition coefficient (Wildman–Crippen LogP) is 4.29. The number of amides is 1. The van der Waals surface area contributed by atoms with E-state index in [-0.39, 0.29) is 5.56 Å². The van der Waals surface area contributed by atoms with Crippen molar-refractivity contribution in [2.75, 3.05) is 33.3 Å². The number of nitrogens with one attached hydrogen (secondary N) is 1. The number of rotatable bonds is 8. The first-order chi connectivity index (χ1) is 13.4. The molecule has 0 atom stereocenters. The largest absolute Gasteiger partial charge is 0.497 e. The Balaban J connectivity index is 2.35. The average Bonchev–Trinajstić information content (AvgIpc) is 2.71. The standard InChI is InChI=1S/C20H22BrNO6/c1-5-8-28-18-15(21)9-12(10-17(18)26-3)19(23)22-16-7-6-13(25-2)11-14(16)20(24)27-4/h6-7,9-11H,5,8H2,1-4H3,(H,22,23). The third kappa shape index (κ3) is 4.95. The van der Waals surface area contributed by atoms with E-state index in [1.54, 1.807) is 24.3 Å². The molecule has 1 amide bonds. The van der Waals surface area contributed by atoms with E-state index >= 15 is 0 Å². The van der Waals surface area contributed by atoms with E-state index in [4.69, 9.17) is 18.9 Å². The van der Waals surface area contributed by atoms with Crippen molar-refractivity contribution >= 4 is 33.5 Å². The number of hydrogen-bond donors (Lipinski definition) is 1. The third-order valence-corrected chi connectivity index (χ3v) is 4.41. The maximum absolute atomic E-state index is 12.8. The zero-order valence-electron chi connectivity index (χ0n) is 16.1. The zero-order valence-corrected chi connectivity index (χ0v) is 17.7. The second-order valence-corrected chi connectivity index (χ2v) is 6.55. The maximum Gasteiger partial charge on any atom is 0.340 e. The summed E-state index contributed by atoms with van der Waals surface area (Å²) in [5.74, 6) is 0.421. The van der Waals surface area contributed by atoms with Crippen LogP contribution < -0.4 is 19.5 Å². The first-order valence-electron chi connectivity index (χ1n) is 8.53. The molecule has 2 aromatic rings. The molecule has 8 heteroatoms. The number of carbonyl (C=O) groups is 2. The van der Waals surface area contributed by atoms with Crippen LogP contribution in [0.15, 0.2) is 34.8 Å². The molecule has 0 aliphatic rings. The van der Waals surface area contributed by atoms with Crippen LogP contribution in [-0.4, -0.2) is 39.8 Å². The van der Waals surface area contributed by atoms with Gasteiger partial charge in [-0.25, -0.2) is 4.79 Å². The monoisotopic (exact) mass is 451 g/mol. The maximum atomic E-state index is 12.8. The van der Waals surface area contributed by atoms with Gasteiger partial charge in [-0.1, -0.05) is 6.92 Å². The lowest BCUT2D eigenvalue weighted by Gasteiger charge is -2.15. The van der Waals surface area contributed by atoms with Crippen LogP contribution >= 0.6 is 15.9 Å². The summed E-state index contributed by atoms with van der Waals surface area (Å²) in [5, 5.41) is 2.72. The van der Waals surface area contributed by atoms with Crippen molar-refractivity contribution in [1.29, 1.82) is 0 Å². The number of esters is 1. The molecule has 0 bridgehead atoms. The van der Waals surface area contributed by atoms with Crippen LogP contribution in [0, 0.1) is 0 Å². The number of anilines is 1. The van der Waals surface area contributed by atoms with Gasteiger partial charge in [-0.15, -0.1) is 0 Å². The highest BCUT2D eigenvalue weighted by molar-refractivity contribution is 9.10. The summed E-state index contributed by atoms with van der Waals surface area (Å²) < 4.78 is 21.5. The minimum absolute atomic E-state index is 0.184. The quantitative estimate of drug-likeness (QED) is 0.602. The van der Waals surface area contributed by atoms with Gasteiger partial charge in [-0.05, 0) is 52.7 Å². The van der Waals surface area contributed by atoms with Gasteiger partial charge in [0.2, 0.25) is 0 Å². The van der Waals surface area contributed by atoms with Crippen LogP contribution in [0.2, 0.25) is 0 Å². The molecule has 150 valence electrons. The van der Waals surface area contributed by atoms with Crippen molar-refractivity contribution in [2.24, 2.45) is 0 Å². The van der Waals surface area contributed by atoms with E-state index in [1.807, 2.05) is 6.92 Å². The van der Waals surface area contributed by atoms with E-state index in [0.29, 0.717) is 39.6 Å². The zero-order chi connectivity index (χ0) is 20.7. The van der Waals surface area contributed by atoms with E-state index in [2.05, 4.69) is 21.2 Å². The van der Waals surface area contributed by atoms with Crippen molar-refractivity contribution in [1.82, 2.24) is 0 Å². The lowest BCUT2D eigenvalue weighted by Crippen LogP contribution is -2.16. The Hall–Kier alpha value is -2.74. The molecule has 1 N–H and O–H groups in total. The Kier molecular flexibility index (Phi) is 7.69. The molecule has 0 aromatic heterocycles. The number of halogens is 1. The summed E-state index contributed by atoms with van der Waals surface area (Å²) in [6.07, 6.45) is 0.839. The summed E-state index contributed by atoms with van der Waals surface area (Å²) >= 11 is 3.41. The molecule has 0 radical (unpaired) electrons. The first-order valence-corrected chi connectivity index (χ1v) is 9.32. The lowest BCUT2D eigenvalue weighted by atomic mass is 10.1. The highest BCUT2D eigenvalue weighted by atomic mass is 79.9. The fraction of sp³-hybridized carbons (Fsp3) is 0.300. The van der Waals surface area contributed by atoms with Crippen LogP contribution in [0.4, 0.5) is 5.69 Å². The van der Waals surface area contributed by atoms with Gasteiger partial charge < -0.3 is 24.3 Å². The van der Waals surface area contributed by atoms with Gasteiger partial charge in [0.15, 0.2) is 11.5 Å². The first kappa shape index (κ1) is 21.6. The summed E-state index contributed by atoms with van der Waals surface area (Å²) in [6, 6.07) is 7.92. The Morgan fingerprint density at radius 2 is 1.82 bits per heavy atom. The summed E-state index contributed by atoms with van der Waals surface area (Å²) in [5.41, 5.74) is 0.822. The van der Waals surface area contributed by atoms with Crippen LogP contribution in [0.25, 0.3) is 0 Å². The second kappa shape index (κ2) is 9.98. The van der Waals surface area contributed by atoms with Gasteiger partial charge in [0.05, 0.1) is 43.7 Å². The van der Waals surface area contributed by atoms with Gasteiger partial charge in [-0.3, -0.25) is 4.79 Å². The molecule has 2 rings (SSSR count). The molecule has 0 unspecified atom stereocenters. The fourth-order valence-corrected chi connectivity index (χ4v) is 2.98. The molecule has 28 heavy (non-hydrogen) atoms. The van der Waals surface area contributed by atoms with E-state index < -0.39 is 11.9 Å². The van der Waals surface area contributed by atoms with Crippen LogP contribution in [0.5, 0.6) is 17.2 Å². The topological polar surface area (TPSA) is 83.1 Å². The number of ether oxygens (including phenoxy) is 4. The van der Waals surface area contributed by atoms with Crippen LogP contribution in [-0.2, 0) is 4.74 Å². The molecule has 0 aliphatic carbocycles. The number of benzene rings is 2. The minimum Gasteiger partial charge on any atom is -0.497 e. The van der Waals surface area contributed by atoms with E-state index in [1.165, 1.54) is 27.4 Å². The molecule has 0 aliphatic heterocycles. The average molecular weight is 452 g/mol. The van der Waals surface area contributed by atoms with Gasteiger partial charge in [0, 0.05) is 5.56 Å². The van der Waals surface area contributed by atoms with E-state index in [9.17, 15) is 9.59 Å². The molecule has 0 heterocycles. The molecule has 0 spiro atoms. The van der Waals surface area contributed by atoms with Crippen molar-refractivity contribution < 1.29 is 28.5 Å². The smallest absolute Gasteiger partial charge is 0.340 e. The second-order valence-electron chi connectivity index (χ2n) is 5.70. The molecular formula is C20H22BrNO6. The summed E-state index contributed by atoms with van der Waals surface area (Å²) in [4.78, 5) is 24.8. The Bertz CT molecular complexity index is 868. The molecule has 0 saturated carbocycles. The number of hydrogen-bond acceptors (Lipinski definition) is 6. The van der Waals surface area contributed by atoms with Gasteiger partial charge in [-0.2, -0.15) is 0 Å². The van der Waals surface area contributed by atoms with Crippen molar-refractivity contribution in [3.8, 4) is 17.2 Å². The highest BCUT2D eigenvalue weighted by Gasteiger charge is 2.19. The van der Waals surface area contributed by atoms with E-state index in [0.717, 1.165) is 6.42 Å². The Labute approximate surface area is 172 Å².